The fourth-order valence-electron chi connectivity index (χ4n) is 1.39. The second-order valence-corrected chi connectivity index (χ2v) is 5.57. The number of halogens is 1. The number of hydrogen-bond acceptors (Lipinski definition) is 3. The number of thiazole rings is 1. The summed E-state index contributed by atoms with van der Waals surface area (Å²) in [5.41, 5.74) is 9.02. The molecule has 0 spiro atoms. The van der Waals surface area contributed by atoms with Gasteiger partial charge in [-0.05, 0) is 27.9 Å². The summed E-state index contributed by atoms with van der Waals surface area (Å²) >= 11 is 4.92. The van der Waals surface area contributed by atoms with E-state index >= 15 is 0 Å². The third kappa shape index (κ3) is 2.21. The Morgan fingerprint density at radius 1 is 1.33 bits per heavy atom. The van der Waals surface area contributed by atoms with Gasteiger partial charge in [0.2, 0.25) is 0 Å². The predicted octanol–water partition coefficient (Wildman–Crippen LogP) is 3.72. The molecular formula is C11H11BrN2S. The molecular weight excluding hydrogens is 272 g/mol. The van der Waals surface area contributed by atoms with Gasteiger partial charge in [0, 0.05) is 5.56 Å². The second-order valence-electron chi connectivity index (χ2n) is 3.22. The molecule has 0 aliphatic carbocycles. The number of hydrogen-bond donors (Lipinski definition) is 1. The highest BCUT2D eigenvalue weighted by molar-refractivity contribution is 9.11. The second kappa shape index (κ2) is 4.33. The molecule has 0 saturated heterocycles. The van der Waals surface area contributed by atoms with Crippen molar-refractivity contribution in [1.29, 1.82) is 0 Å². The number of anilines is 1. The Hall–Kier alpha value is -0.870. The quantitative estimate of drug-likeness (QED) is 0.912. The van der Waals surface area contributed by atoms with Crippen molar-refractivity contribution in [2.24, 2.45) is 0 Å². The van der Waals surface area contributed by atoms with Crippen molar-refractivity contribution in [3.05, 3.63) is 33.6 Å². The van der Waals surface area contributed by atoms with Crippen LogP contribution in [0.25, 0.3) is 11.3 Å². The molecule has 0 amide bonds. The normalized spacial score (nSPS) is 10.5. The van der Waals surface area contributed by atoms with Gasteiger partial charge in [0.15, 0.2) is 5.13 Å². The standard InChI is InChI=1S/C11H11BrN2S/c1-2-7-3-5-8(6-4-7)9-10(12)15-11(13)14-9/h3-6H,2H2,1H3,(H2,13,14). The molecule has 0 unspecified atom stereocenters. The number of aromatic nitrogens is 1. The summed E-state index contributed by atoms with van der Waals surface area (Å²) in [4.78, 5) is 4.29. The Morgan fingerprint density at radius 3 is 2.47 bits per heavy atom. The maximum Gasteiger partial charge on any atom is 0.181 e. The van der Waals surface area contributed by atoms with Crippen molar-refractivity contribution >= 4 is 32.4 Å². The minimum atomic E-state index is 0.594. The summed E-state index contributed by atoms with van der Waals surface area (Å²) in [6.45, 7) is 2.14. The first kappa shape index (κ1) is 10.6. The zero-order chi connectivity index (χ0) is 10.8. The first-order chi connectivity index (χ1) is 7.20. The van der Waals surface area contributed by atoms with Crippen LogP contribution in [-0.2, 0) is 6.42 Å². The summed E-state index contributed by atoms with van der Waals surface area (Å²) in [5.74, 6) is 0. The Bertz CT molecular complexity index is 462. The van der Waals surface area contributed by atoms with Crippen LogP contribution in [0.3, 0.4) is 0 Å². The van der Waals surface area contributed by atoms with Crippen LogP contribution < -0.4 is 5.73 Å². The average Bonchev–Trinajstić information content (AvgIpc) is 2.58. The third-order valence-corrected chi connectivity index (χ3v) is 3.77. The van der Waals surface area contributed by atoms with E-state index in [0.717, 1.165) is 21.5 Å². The molecule has 0 aliphatic rings. The van der Waals surface area contributed by atoms with Crippen LogP contribution in [0.5, 0.6) is 0 Å². The SMILES string of the molecule is CCc1ccc(-c2nc(N)sc2Br)cc1. The number of rotatable bonds is 2. The van der Waals surface area contributed by atoms with Gasteiger partial charge < -0.3 is 5.73 Å². The van der Waals surface area contributed by atoms with Gasteiger partial charge in [0.1, 0.15) is 0 Å². The topological polar surface area (TPSA) is 38.9 Å². The first-order valence-corrected chi connectivity index (χ1v) is 6.32. The van der Waals surface area contributed by atoms with E-state index in [1.165, 1.54) is 16.9 Å². The van der Waals surface area contributed by atoms with E-state index in [1.807, 2.05) is 0 Å². The highest BCUT2D eigenvalue weighted by Gasteiger charge is 2.08. The monoisotopic (exact) mass is 282 g/mol. The van der Waals surface area contributed by atoms with Gasteiger partial charge in [-0.3, -0.25) is 0 Å². The molecule has 0 bridgehead atoms. The van der Waals surface area contributed by atoms with Crippen molar-refractivity contribution in [3.63, 3.8) is 0 Å². The zero-order valence-electron chi connectivity index (χ0n) is 8.33. The van der Waals surface area contributed by atoms with Gasteiger partial charge >= 0.3 is 0 Å². The minimum Gasteiger partial charge on any atom is -0.375 e. The molecule has 2 rings (SSSR count). The molecule has 2 aromatic rings. The molecule has 0 aliphatic heterocycles. The average molecular weight is 283 g/mol. The molecule has 0 fully saturated rings. The Balaban J connectivity index is 2.41. The number of nitrogen functional groups attached to an aromatic ring is 1. The molecule has 2 nitrogen and oxygen atoms in total. The largest absolute Gasteiger partial charge is 0.375 e. The maximum atomic E-state index is 5.65. The number of benzene rings is 1. The lowest BCUT2D eigenvalue weighted by Gasteiger charge is -1.99. The lowest BCUT2D eigenvalue weighted by Crippen LogP contribution is -1.84. The van der Waals surface area contributed by atoms with Gasteiger partial charge in [-0.1, -0.05) is 42.5 Å². The number of nitrogens with zero attached hydrogens (tertiary/aromatic N) is 1. The van der Waals surface area contributed by atoms with Crippen LogP contribution in [-0.4, -0.2) is 4.98 Å². The van der Waals surface area contributed by atoms with Crippen molar-refractivity contribution in [3.8, 4) is 11.3 Å². The number of nitrogens with two attached hydrogens (primary N) is 1. The van der Waals surface area contributed by atoms with Gasteiger partial charge in [-0.25, -0.2) is 4.98 Å². The Kier molecular flexibility index (Phi) is 3.07. The van der Waals surface area contributed by atoms with E-state index in [1.54, 1.807) is 0 Å². The Labute approximate surface area is 101 Å². The van der Waals surface area contributed by atoms with Crippen LogP contribution in [0.4, 0.5) is 5.13 Å². The molecule has 0 saturated carbocycles. The minimum absolute atomic E-state index is 0.594. The van der Waals surface area contributed by atoms with E-state index in [0.29, 0.717) is 5.13 Å². The van der Waals surface area contributed by atoms with E-state index in [9.17, 15) is 0 Å². The van der Waals surface area contributed by atoms with Crippen LogP contribution in [0.1, 0.15) is 12.5 Å². The van der Waals surface area contributed by atoms with Crippen molar-refractivity contribution in [1.82, 2.24) is 4.98 Å². The van der Waals surface area contributed by atoms with Gasteiger partial charge in [-0.15, -0.1) is 0 Å². The van der Waals surface area contributed by atoms with Gasteiger partial charge in [0.05, 0.1) is 9.48 Å². The molecule has 0 radical (unpaired) electrons. The van der Waals surface area contributed by atoms with E-state index in [2.05, 4.69) is 52.1 Å². The predicted molar refractivity (Wildman–Crippen MR) is 69.0 cm³/mol. The van der Waals surface area contributed by atoms with Crippen LogP contribution in [0.2, 0.25) is 0 Å². The summed E-state index contributed by atoms with van der Waals surface area (Å²) in [5, 5.41) is 0.594. The first-order valence-electron chi connectivity index (χ1n) is 4.72. The molecule has 2 N–H and O–H groups in total. The van der Waals surface area contributed by atoms with Crippen molar-refractivity contribution in [2.75, 3.05) is 5.73 Å². The number of aryl methyl sites for hydroxylation is 1. The smallest absolute Gasteiger partial charge is 0.181 e. The summed E-state index contributed by atoms with van der Waals surface area (Å²) in [6, 6.07) is 8.41. The molecule has 4 heteroatoms. The zero-order valence-corrected chi connectivity index (χ0v) is 10.7. The fourth-order valence-corrected chi connectivity index (χ4v) is 2.79. The molecule has 1 heterocycles. The molecule has 15 heavy (non-hydrogen) atoms. The van der Waals surface area contributed by atoms with E-state index < -0.39 is 0 Å². The highest BCUT2D eigenvalue weighted by Crippen LogP contribution is 2.34. The third-order valence-electron chi connectivity index (χ3n) is 2.24. The van der Waals surface area contributed by atoms with Crippen LogP contribution in [0.15, 0.2) is 28.1 Å². The van der Waals surface area contributed by atoms with Crippen molar-refractivity contribution in [2.45, 2.75) is 13.3 Å². The van der Waals surface area contributed by atoms with Gasteiger partial charge in [0.25, 0.3) is 0 Å². The van der Waals surface area contributed by atoms with Gasteiger partial charge in [-0.2, -0.15) is 0 Å². The summed E-state index contributed by atoms with van der Waals surface area (Å²) in [6.07, 6.45) is 1.06. The van der Waals surface area contributed by atoms with E-state index in [4.69, 9.17) is 5.73 Å². The molecule has 0 atom stereocenters. The summed E-state index contributed by atoms with van der Waals surface area (Å²) in [7, 11) is 0. The fraction of sp³-hybridized carbons (Fsp3) is 0.182. The van der Waals surface area contributed by atoms with E-state index in [-0.39, 0.29) is 0 Å². The lowest BCUT2D eigenvalue weighted by molar-refractivity contribution is 1.14. The molecule has 78 valence electrons. The van der Waals surface area contributed by atoms with Crippen LogP contribution >= 0.6 is 27.3 Å². The Morgan fingerprint density at radius 2 is 2.00 bits per heavy atom. The maximum absolute atomic E-state index is 5.65. The lowest BCUT2D eigenvalue weighted by atomic mass is 10.1. The highest BCUT2D eigenvalue weighted by atomic mass is 79.9. The summed E-state index contributed by atoms with van der Waals surface area (Å²) < 4.78 is 0.990. The van der Waals surface area contributed by atoms with Crippen molar-refractivity contribution < 1.29 is 0 Å². The molecule has 1 aromatic carbocycles. The molecule has 1 aromatic heterocycles. The van der Waals surface area contributed by atoms with Crippen LogP contribution in [0, 0.1) is 0 Å².